The molecule has 0 fully saturated rings. The molecule has 90 valence electrons. The molecule has 3 heteroatoms. The van der Waals surface area contributed by atoms with Gasteiger partial charge in [0.2, 0.25) is 0 Å². The molecule has 0 amide bonds. The van der Waals surface area contributed by atoms with Gasteiger partial charge in [-0.05, 0) is 12.5 Å². The van der Waals surface area contributed by atoms with Crippen LogP contribution in [0.1, 0.15) is 50.2 Å². The van der Waals surface area contributed by atoms with E-state index < -0.39 is 0 Å². The van der Waals surface area contributed by atoms with Gasteiger partial charge in [-0.2, -0.15) is 0 Å². The molecule has 0 aliphatic carbocycles. The minimum Gasteiger partial charge on any atom is -0.411 e. The largest absolute Gasteiger partial charge is 0.411 e. The highest BCUT2D eigenvalue weighted by molar-refractivity contribution is 5.82. The molecule has 1 aromatic rings. The van der Waals surface area contributed by atoms with Crippen LogP contribution >= 0.6 is 0 Å². The number of hydrogen-bond acceptors (Lipinski definition) is 3. The maximum Gasteiger partial charge on any atom is 0.0747 e. The van der Waals surface area contributed by atoms with E-state index in [1.807, 2.05) is 0 Å². The fraction of sp³-hybridized carbons (Fsp3) is 0.429. The van der Waals surface area contributed by atoms with Crippen LogP contribution in [0.4, 0.5) is 0 Å². The van der Waals surface area contributed by atoms with E-state index in [1.165, 1.54) is 25.5 Å². The SMILES string of the molecule is CCCCCCC#Cc1cnccc1/C=N/O. The van der Waals surface area contributed by atoms with Crippen LogP contribution in [-0.2, 0) is 0 Å². The van der Waals surface area contributed by atoms with Crippen molar-refractivity contribution < 1.29 is 5.21 Å². The average Bonchev–Trinajstić information content (AvgIpc) is 2.36. The third-order valence-electron chi connectivity index (χ3n) is 2.43. The van der Waals surface area contributed by atoms with Crippen LogP contribution in [0.5, 0.6) is 0 Å². The van der Waals surface area contributed by atoms with E-state index in [-0.39, 0.29) is 0 Å². The van der Waals surface area contributed by atoms with E-state index in [4.69, 9.17) is 5.21 Å². The lowest BCUT2D eigenvalue weighted by Gasteiger charge is -1.95. The topological polar surface area (TPSA) is 45.5 Å². The highest BCUT2D eigenvalue weighted by atomic mass is 16.4. The van der Waals surface area contributed by atoms with Gasteiger partial charge in [0.25, 0.3) is 0 Å². The normalized spacial score (nSPS) is 10.2. The van der Waals surface area contributed by atoms with Gasteiger partial charge in [0, 0.05) is 24.4 Å². The summed E-state index contributed by atoms with van der Waals surface area (Å²) in [4.78, 5) is 4.01. The molecule has 0 bridgehead atoms. The quantitative estimate of drug-likeness (QED) is 0.277. The number of nitrogens with zero attached hydrogens (tertiary/aromatic N) is 2. The van der Waals surface area contributed by atoms with Crippen LogP contribution in [0.15, 0.2) is 23.6 Å². The monoisotopic (exact) mass is 230 g/mol. The molecule has 0 aromatic carbocycles. The molecule has 0 saturated heterocycles. The average molecular weight is 230 g/mol. The molecule has 1 aromatic heterocycles. The van der Waals surface area contributed by atoms with Crippen LogP contribution in [0.25, 0.3) is 0 Å². The van der Waals surface area contributed by atoms with Crippen molar-refractivity contribution in [1.29, 1.82) is 0 Å². The van der Waals surface area contributed by atoms with Gasteiger partial charge in [-0.25, -0.2) is 0 Å². The van der Waals surface area contributed by atoms with Gasteiger partial charge in [0.1, 0.15) is 0 Å². The molecular weight excluding hydrogens is 212 g/mol. The molecule has 0 spiro atoms. The summed E-state index contributed by atoms with van der Waals surface area (Å²) < 4.78 is 0. The molecular formula is C14H18N2O. The maximum absolute atomic E-state index is 8.51. The first-order valence-electron chi connectivity index (χ1n) is 5.98. The number of oxime groups is 1. The molecule has 3 nitrogen and oxygen atoms in total. The summed E-state index contributed by atoms with van der Waals surface area (Å²) >= 11 is 0. The van der Waals surface area contributed by atoms with E-state index in [1.54, 1.807) is 18.5 Å². The number of hydrogen-bond donors (Lipinski definition) is 1. The van der Waals surface area contributed by atoms with Crippen molar-refractivity contribution in [3.63, 3.8) is 0 Å². The van der Waals surface area contributed by atoms with Gasteiger partial charge in [-0.15, -0.1) is 0 Å². The van der Waals surface area contributed by atoms with Crippen LogP contribution < -0.4 is 0 Å². The van der Waals surface area contributed by atoms with Gasteiger partial charge in [0.15, 0.2) is 0 Å². The van der Waals surface area contributed by atoms with Crippen molar-refractivity contribution in [1.82, 2.24) is 4.98 Å². The molecule has 0 aliphatic heterocycles. The van der Waals surface area contributed by atoms with Gasteiger partial charge >= 0.3 is 0 Å². The maximum atomic E-state index is 8.51. The molecule has 0 unspecified atom stereocenters. The molecule has 0 radical (unpaired) electrons. The Morgan fingerprint density at radius 3 is 3.06 bits per heavy atom. The predicted molar refractivity (Wildman–Crippen MR) is 69.3 cm³/mol. The van der Waals surface area contributed by atoms with E-state index in [2.05, 4.69) is 28.9 Å². The van der Waals surface area contributed by atoms with Gasteiger partial charge in [-0.1, -0.05) is 43.2 Å². The minimum absolute atomic E-state index is 0.795. The lowest BCUT2D eigenvalue weighted by atomic mass is 10.1. The zero-order valence-corrected chi connectivity index (χ0v) is 10.2. The van der Waals surface area contributed by atoms with Crippen molar-refractivity contribution in [3.8, 4) is 11.8 Å². The number of rotatable bonds is 5. The second-order valence-electron chi connectivity index (χ2n) is 3.82. The van der Waals surface area contributed by atoms with Crippen molar-refractivity contribution in [2.45, 2.75) is 39.0 Å². The predicted octanol–water partition coefficient (Wildman–Crippen LogP) is 3.21. The summed E-state index contributed by atoms with van der Waals surface area (Å²) in [7, 11) is 0. The Balaban J connectivity index is 2.53. The van der Waals surface area contributed by atoms with Crippen LogP contribution in [0, 0.1) is 11.8 Å². The standard InChI is InChI=1S/C14H18N2O/c1-2-3-4-5-6-7-8-13-11-15-10-9-14(13)12-16-17/h9-12,17H,2-6H2,1H3/b16-12+. The summed E-state index contributed by atoms with van der Waals surface area (Å²) in [6.07, 6.45) is 10.5. The fourth-order valence-electron chi connectivity index (χ4n) is 1.48. The Labute approximate surface area is 103 Å². The highest BCUT2D eigenvalue weighted by Gasteiger charge is 1.95. The van der Waals surface area contributed by atoms with Crippen molar-refractivity contribution in [2.24, 2.45) is 5.16 Å². The zero-order chi connectivity index (χ0) is 12.3. The smallest absolute Gasteiger partial charge is 0.0747 e. The molecule has 0 aliphatic rings. The lowest BCUT2D eigenvalue weighted by Crippen LogP contribution is -1.89. The Morgan fingerprint density at radius 1 is 1.41 bits per heavy atom. The Kier molecular flexibility index (Phi) is 6.50. The highest BCUT2D eigenvalue weighted by Crippen LogP contribution is 2.04. The number of aromatic nitrogens is 1. The van der Waals surface area contributed by atoms with Crippen LogP contribution in [-0.4, -0.2) is 16.4 Å². The van der Waals surface area contributed by atoms with E-state index in [0.717, 1.165) is 24.0 Å². The van der Waals surface area contributed by atoms with Gasteiger partial charge in [-0.3, -0.25) is 4.98 Å². The second kappa shape index (κ2) is 8.35. The first-order chi connectivity index (χ1) is 8.38. The summed E-state index contributed by atoms with van der Waals surface area (Å²) in [6, 6.07) is 1.78. The van der Waals surface area contributed by atoms with Crippen molar-refractivity contribution in [2.75, 3.05) is 0 Å². The van der Waals surface area contributed by atoms with E-state index in [0.29, 0.717) is 0 Å². The fourth-order valence-corrected chi connectivity index (χ4v) is 1.48. The van der Waals surface area contributed by atoms with Gasteiger partial charge in [0.05, 0.1) is 11.8 Å². The van der Waals surface area contributed by atoms with Crippen molar-refractivity contribution in [3.05, 3.63) is 29.6 Å². The number of unbranched alkanes of at least 4 members (excludes halogenated alkanes) is 4. The first kappa shape index (κ1) is 13.2. The molecule has 0 saturated carbocycles. The molecule has 1 rings (SSSR count). The third-order valence-corrected chi connectivity index (χ3v) is 2.43. The lowest BCUT2D eigenvalue weighted by molar-refractivity contribution is 0.322. The zero-order valence-electron chi connectivity index (χ0n) is 10.2. The summed E-state index contributed by atoms with van der Waals surface area (Å²) in [5.74, 6) is 6.19. The molecule has 17 heavy (non-hydrogen) atoms. The summed E-state index contributed by atoms with van der Waals surface area (Å²) in [5.41, 5.74) is 1.60. The second-order valence-corrected chi connectivity index (χ2v) is 3.82. The Morgan fingerprint density at radius 2 is 2.29 bits per heavy atom. The van der Waals surface area contributed by atoms with Crippen LogP contribution in [0.3, 0.4) is 0 Å². The third kappa shape index (κ3) is 5.17. The minimum atomic E-state index is 0.795. The van der Waals surface area contributed by atoms with Crippen molar-refractivity contribution >= 4 is 6.21 Å². The number of pyridine rings is 1. The Bertz CT molecular complexity index is 416. The molecule has 0 atom stereocenters. The van der Waals surface area contributed by atoms with E-state index >= 15 is 0 Å². The first-order valence-corrected chi connectivity index (χ1v) is 5.98. The van der Waals surface area contributed by atoms with Crippen LogP contribution in [0.2, 0.25) is 0 Å². The molecule has 1 N–H and O–H groups in total. The summed E-state index contributed by atoms with van der Waals surface area (Å²) in [6.45, 7) is 2.20. The summed E-state index contributed by atoms with van der Waals surface area (Å²) in [5, 5.41) is 11.5. The van der Waals surface area contributed by atoms with Gasteiger partial charge < -0.3 is 5.21 Å². The van der Waals surface area contributed by atoms with E-state index in [9.17, 15) is 0 Å². The Hall–Kier alpha value is -1.82. The molecule has 1 heterocycles.